The van der Waals surface area contributed by atoms with Crippen molar-refractivity contribution < 1.29 is 8.42 Å². The summed E-state index contributed by atoms with van der Waals surface area (Å²) in [5.74, 6) is 0. The van der Waals surface area contributed by atoms with Crippen LogP contribution in [0.3, 0.4) is 0 Å². The summed E-state index contributed by atoms with van der Waals surface area (Å²) in [4.78, 5) is 0.386. The normalized spacial score (nSPS) is 11.1. The Bertz CT molecular complexity index is 765. The third-order valence-corrected chi connectivity index (χ3v) is 6.12. The van der Waals surface area contributed by atoms with Crippen molar-refractivity contribution in [3.8, 4) is 6.07 Å². The summed E-state index contributed by atoms with van der Waals surface area (Å²) < 4.78 is 26.4. The summed E-state index contributed by atoms with van der Waals surface area (Å²) >= 11 is 0.980. The van der Waals surface area contributed by atoms with Gasteiger partial charge in [-0.05, 0) is 49.2 Å². The van der Waals surface area contributed by atoms with Crippen LogP contribution in [0.1, 0.15) is 16.0 Å². The van der Waals surface area contributed by atoms with Crippen LogP contribution in [0.5, 0.6) is 0 Å². The molecule has 2 aromatic rings. The Hall–Kier alpha value is -1.84. The first-order chi connectivity index (χ1) is 9.34. The van der Waals surface area contributed by atoms with Crippen molar-refractivity contribution in [2.45, 2.75) is 18.1 Å². The molecule has 0 saturated carbocycles. The molecular weight excluding hydrogens is 292 g/mol. The van der Waals surface area contributed by atoms with Crippen molar-refractivity contribution in [2.24, 2.45) is 0 Å². The number of hydrogen-bond donors (Lipinski definition) is 0. The molecule has 0 amide bonds. The van der Waals surface area contributed by atoms with Crippen LogP contribution in [0.4, 0.5) is 5.69 Å². The number of anilines is 1. The van der Waals surface area contributed by atoms with Crippen LogP contribution in [0.2, 0.25) is 0 Å². The summed E-state index contributed by atoms with van der Waals surface area (Å²) in [6.45, 7) is 3.85. The van der Waals surface area contributed by atoms with Gasteiger partial charge >= 0.3 is 0 Å². The lowest BCUT2D eigenvalue weighted by molar-refractivity contribution is 0.596. The lowest BCUT2D eigenvalue weighted by Crippen LogP contribution is -2.25. The first-order valence-corrected chi connectivity index (χ1v) is 8.17. The molecule has 0 N–H and O–H groups in total. The second-order valence-corrected chi connectivity index (χ2v) is 7.83. The zero-order valence-corrected chi connectivity index (χ0v) is 13.0. The quantitative estimate of drug-likeness (QED) is 0.875. The van der Waals surface area contributed by atoms with E-state index in [-0.39, 0.29) is 4.21 Å². The van der Waals surface area contributed by atoms with Crippen LogP contribution in [0.25, 0.3) is 0 Å². The van der Waals surface area contributed by atoms with Gasteiger partial charge in [0.2, 0.25) is 0 Å². The predicted molar refractivity (Wildman–Crippen MR) is 80.5 cm³/mol. The van der Waals surface area contributed by atoms with Crippen LogP contribution < -0.4 is 4.31 Å². The molecular formula is C14H14N2O2S2. The van der Waals surface area contributed by atoms with Gasteiger partial charge in [0.05, 0.1) is 5.69 Å². The maximum absolute atomic E-state index is 12.5. The molecule has 104 valence electrons. The summed E-state index contributed by atoms with van der Waals surface area (Å²) in [6, 6.07) is 10.6. The van der Waals surface area contributed by atoms with Crippen LogP contribution >= 0.6 is 11.3 Å². The van der Waals surface area contributed by atoms with Crippen molar-refractivity contribution >= 4 is 27.0 Å². The van der Waals surface area contributed by atoms with Gasteiger partial charge in [0.15, 0.2) is 0 Å². The van der Waals surface area contributed by atoms with Crippen LogP contribution in [-0.4, -0.2) is 15.5 Å². The van der Waals surface area contributed by atoms with E-state index in [0.717, 1.165) is 22.5 Å². The fraction of sp³-hybridized carbons (Fsp3) is 0.214. The van der Waals surface area contributed by atoms with Crippen molar-refractivity contribution in [1.29, 1.82) is 5.26 Å². The van der Waals surface area contributed by atoms with Crippen LogP contribution in [-0.2, 0) is 10.0 Å². The van der Waals surface area contributed by atoms with Crippen LogP contribution in [0, 0.1) is 25.2 Å². The van der Waals surface area contributed by atoms with Gasteiger partial charge in [0.25, 0.3) is 10.0 Å². The van der Waals surface area contributed by atoms with E-state index in [1.807, 2.05) is 38.1 Å². The molecule has 0 bridgehead atoms. The van der Waals surface area contributed by atoms with Crippen molar-refractivity contribution in [3.63, 3.8) is 0 Å². The van der Waals surface area contributed by atoms with Crippen LogP contribution in [0.15, 0.2) is 34.5 Å². The fourth-order valence-corrected chi connectivity index (χ4v) is 4.38. The van der Waals surface area contributed by atoms with Gasteiger partial charge < -0.3 is 0 Å². The highest BCUT2D eigenvalue weighted by atomic mass is 32.2. The molecule has 0 aliphatic heterocycles. The van der Waals surface area contributed by atoms with E-state index in [9.17, 15) is 8.42 Å². The number of nitriles is 1. The van der Waals surface area contributed by atoms with Gasteiger partial charge in [0.1, 0.15) is 15.2 Å². The number of benzene rings is 1. The third kappa shape index (κ3) is 2.69. The Morgan fingerprint density at radius 3 is 2.25 bits per heavy atom. The number of nitrogens with zero attached hydrogens (tertiary/aromatic N) is 2. The maximum Gasteiger partial charge on any atom is 0.273 e. The molecule has 1 heterocycles. The second kappa shape index (κ2) is 5.27. The molecule has 2 rings (SSSR count). The molecule has 0 saturated heterocycles. The highest BCUT2D eigenvalue weighted by Gasteiger charge is 2.23. The standard InChI is InChI=1S/C14H14N2O2S2/c1-10-6-11(2)8-12(7-10)16(3)20(17,18)14-5-4-13(9-15)19-14/h4-8H,1-3H3. The number of aryl methyl sites for hydroxylation is 2. The SMILES string of the molecule is Cc1cc(C)cc(N(C)S(=O)(=O)c2ccc(C#N)s2)c1. The minimum atomic E-state index is -3.61. The zero-order valence-electron chi connectivity index (χ0n) is 11.4. The van der Waals surface area contributed by atoms with E-state index in [4.69, 9.17) is 5.26 Å². The van der Waals surface area contributed by atoms with Gasteiger partial charge in [-0.2, -0.15) is 5.26 Å². The first kappa shape index (κ1) is 14.6. The van der Waals surface area contributed by atoms with Gasteiger partial charge in [-0.3, -0.25) is 4.31 Å². The number of hydrogen-bond acceptors (Lipinski definition) is 4. The van der Waals surface area contributed by atoms with E-state index in [0.29, 0.717) is 10.6 Å². The highest BCUT2D eigenvalue weighted by Crippen LogP contribution is 2.28. The molecule has 0 fully saturated rings. The van der Waals surface area contributed by atoms with E-state index in [2.05, 4.69) is 0 Å². The molecule has 0 unspecified atom stereocenters. The summed E-state index contributed by atoms with van der Waals surface area (Å²) in [7, 11) is -2.09. The Morgan fingerprint density at radius 1 is 1.15 bits per heavy atom. The monoisotopic (exact) mass is 306 g/mol. The molecule has 20 heavy (non-hydrogen) atoms. The minimum Gasteiger partial charge on any atom is -0.269 e. The second-order valence-electron chi connectivity index (χ2n) is 4.55. The molecule has 0 aliphatic rings. The van der Waals surface area contributed by atoms with Gasteiger partial charge in [0, 0.05) is 7.05 Å². The largest absolute Gasteiger partial charge is 0.273 e. The molecule has 1 aromatic heterocycles. The Balaban J connectivity index is 2.46. The summed E-state index contributed by atoms with van der Waals surface area (Å²) in [5.41, 5.74) is 2.63. The van der Waals surface area contributed by atoms with Crippen molar-refractivity contribution in [2.75, 3.05) is 11.4 Å². The molecule has 6 heteroatoms. The van der Waals surface area contributed by atoms with Crippen molar-refractivity contribution in [3.05, 3.63) is 46.3 Å². The highest BCUT2D eigenvalue weighted by molar-refractivity contribution is 7.94. The first-order valence-electron chi connectivity index (χ1n) is 5.92. The molecule has 1 aromatic carbocycles. The lowest BCUT2D eigenvalue weighted by Gasteiger charge is -2.19. The smallest absolute Gasteiger partial charge is 0.269 e. The third-order valence-electron chi connectivity index (χ3n) is 2.88. The molecule has 0 radical (unpaired) electrons. The minimum absolute atomic E-state index is 0.177. The van der Waals surface area contributed by atoms with E-state index >= 15 is 0 Å². The molecule has 4 nitrogen and oxygen atoms in total. The number of sulfonamides is 1. The topological polar surface area (TPSA) is 61.2 Å². The Morgan fingerprint density at radius 2 is 1.75 bits per heavy atom. The van der Waals surface area contributed by atoms with Gasteiger partial charge in [-0.25, -0.2) is 8.42 Å². The number of rotatable bonds is 3. The predicted octanol–water partition coefficient (Wildman–Crippen LogP) is 3.06. The summed E-state index contributed by atoms with van der Waals surface area (Å²) in [5, 5.41) is 8.80. The average molecular weight is 306 g/mol. The molecule has 0 spiro atoms. The van der Waals surface area contributed by atoms with E-state index in [1.165, 1.54) is 23.5 Å². The average Bonchev–Trinajstić information content (AvgIpc) is 2.86. The van der Waals surface area contributed by atoms with E-state index < -0.39 is 10.0 Å². The Kier molecular flexibility index (Phi) is 3.84. The van der Waals surface area contributed by atoms with E-state index in [1.54, 1.807) is 0 Å². The van der Waals surface area contributed by atoms with Gasteiger partial charge in [-0.15, -0.1) is 11.3 Å². The number of thiophene rings is 1. The van der Waals surface area contributed by atoms with Gasteiger partial charge in [-0.1, -0.05) is 6.07 Å². The molecule has 0 atom stereocenters. The lowest BCUT2D eigenvalue weighted by atomic mass is 10.1. The van der Waals surface area contributed by atoms with Crippen molar-refractivity contribution in [1.82, 2.24) is 0 Å². The fourth-order valence-electron chi connectivity index (χ4n) is 1.93. The Labute approximate surface area is 123 Å². The summed E-state index contributed by atoms with van der Waals surface area (Å²) in [6.07, 6.45) is 0. The molecule has 0 aliphatic carbocycles. The zero-order chi connectivity index (χ0) is 14.9. The maximum atomic E-state index is 12.5.